The number of aromatic nitrogens is 1. The van der Waals surface area contributed by atoms with E-state index in [2.05, 4.69) is 30.7 Å². The van der Waals surface area contributed by atoms with Crippen LogP contribution in [-0.2, 0) is 11.3 Å². The highest BCUT2D eigenvalue weighted by Gasteiger charge is 2.22. The fraction of sp³-hybridized carbons (Fsp3) is 0.471. The Hall–Kier alpha value is -1.43. The van der Waals surface area contributed by atoms with Crippen molar-refractivity contribution in [1.82, 2.24) is 9.88 Å². The third-order valence-electron chi connectivity index (χ3n) is 3.63. The molecule has 118 valence electrons. The van der Waals surface area contributed by atoms with Crippen LogP contribution in [0.4, 0.5) is 0 Å². The maximum Gasteiger partial charge on any atom is 0.278 e. The first kappa shape index (κ1) is 15.5. The van der Waals surface area contributed by atoms with Crippen LogP contribution in [0.15, 0.2) is 30.5 Å². The summed E-state index contributed by atoms with van der Waals surface area (Å²) >= 11 is 1.61. The predicted molar refractivity (Wildman–Crippen MR) is 88.7 cm³/mol. The quantitative estimate of drug-likeness (QED) is 0.857. The molecule has 1 aromatic heterocycles. The Morgan fingerprint density at radius 2 is 1.91 bits per heavy atom. The van der Waals surface area contributed by atoms with Crippen molar-refractivity contribution in [3.63, 3.8) is 0 Å². The van der Waals surface area contributed by atoms with Crippen molar-refractivity contribution in [2.45, 2.75) is 39.5 Å². The molecule has 0 N–H and O–H groups in total. The van der Waals surface area contributed by atoms with E-state index in [0.717, 1.165) is 25.4 Å². The Morgan fingerprint density at radius 3 is 2.59 bits per heavy atom. The normalized spacial score (nSPS) is 22.7. The first-order chi connectivity index (χ1) is 10.6. The summed E-state index contributed by atoms with van der Waals surface area (Å²) in [6.07, 6.45) is 2.50. The molecular weight excluding hydrogens is 296 g/mol. The Bertz CT molecular complexity index is 601. The average Bonchev–Trinajstić information content (AvgIpc) is 2.87. The molecule has 1 fully saturated rings. The number of hydrogen-bond donors (Lipinski definition) is 0. The number of morpholine rings is 1. The van der Waals surface area contributed by atoms with Crippen LogP contribution < -0.4 is 4.74 Å². The van der Waals surface area contributed by atoms with Gasteiger partial charge in [0.2, 0.25) is 0 Å². The number of rotatable bonds is 4. The molecule has 0 unspecified atom stereocenters. The van der Waals surface area contributed by atoms with Gasteiger partial charge in [0.1, 0.15) is 5.75 Å². The molecule has 0 spiro atoms. The maximum absolute atomic E-state index is 5.81. The highest BCUT2D eigenvalue weighted by atomic mass is 32.1. The van der Waals surface area contributed by atoms with Gasteiger partial charge in [-0.15, -0.1) is 0 Å². The summed E-state index contributed by atoms with van der Waals surface area (Å²) in [5.74, 6) is 0.833. The van der Waals surface area contributed by atoms with Crippen molar-refractivity contribution in [2.75, 3.05) is 13.1 Å². The maximum atomic E-state index is 5.81. The van der Waals surface area contributed by atoms with Gasteiger partial charge in [-0.3, -0.25) is 4.90 Å². The molecular formula is C17H22N2O2S. The Morgan fingerprint density at radius 1 is 1.23 bits per heavy atom. The summed E-state index contributed by atoms with van der Waals surface area (Å²) in [5, 5.41) is 0.702. The van der Waals surface area contributed by atoms with Gasteiger partial charge in [0.15, 0.2) is 0 Å². The lowest BCUT2D eigenvalue weighted by Crippen LogP contribution is -2.44. The van der Waals surface area contributed by atoms with E-state index < -0.39 is 0 Å². The largest absolute Gasteiger partial charge is 0.431 e. The molecule has 22 heavy (non-hydrogen) atoms. The topological polar surface area (TPSA) is 34.6 Å². The van der Waals surface area contributed by atoms with Crippen molar-refractivity contribution in [3.8, 4) is 10.9 Å². The minimum Gasteiger partial charge on any atom is -0.431 e. The zero-order valence-electron chi connectivity index (χ0n) is 13.3. The summed E-state index contributed by atoms with van der Waals surface area (Å²) in [5.41, 5.74) is 1.22. The van der Waals surface area contributed by atoms with Gasteiger partial charge in [-0.2, -0.15) is 0 Å². The van der Waals surface area contributed by atoms with E-state index in [1.54, 1.807) is 11.3 Å². The summed E-state index contributed by atoms with van der Waals surface area (Å²) in [6, 6.07) is 8.03. The molecule has 5 heteroatoms. The molecule has 2 heterocycles. The van der Waals surface area contributed by atoms with E-state index in [-0.39, 0.29) is 0 Å². The first-order valence-electron chi connectivity index (χ1n) is 7.65. The van der Waals surface area contributed by atoms with Crippen LogP contribution in [0.5, 0.6) is 10.9 Å². The van der Waals surface area contributed by atoms with E-state index in [4.69, 9.17) is 9.47 Å². The van der Waals surface area contributed by atoms with Gasteiger partial charge < -0.3 is 9.47 Å². The summed E-state index contributed by atoms with van der Waals surface area (Å²) in [4.78, 5) is 8.02. The molecule has 0 aliphatic carbocycles. The number of aryl methyl sites for hydroxylation is 1. The summed E-state index contributed by atoms with van der Waals surface area (Å²) in [7, 11) is 0. The number of nitrogens with zero attached hydrogens (tertiary/aromatic N) is 2. The number of thiazole rings is 1. The lowest BCUT2D eigenvalue weighted by atomic mass is 10.2. The van der Waals surface area contributed by atoms with Gasteiger partial charge in [-0.05, 0) is 32.9 Å². The standard InChI is InChI=1S/C17H22N2O2S/c1-12-4-6-15(7-5-12)21-17-18-8-16(22-17)11-19-9-13(2)20-14(3)10-19/h4-8,13-14H,9-11H2,1-3H3/t13-,14+. The third kappa shape index (κ3) is 4.06. The fourth-order valence-corrected chi connectivity index (χ4v) is 3.57. The van der Waals surface area contributed by atoms with Crippen molar-refractivity contribution in [1.29, 1.82) is 0 Å². The smallest absolute Gasteiger partial charge is 0.278 e. The van der Waals surface area contributed by atoms with Crippen LogP contribution in [0, 0.1) is 6.92 Å². The number of benzene rings is 1. The summed E-state index contributed by atoms with van der Waals surface area (Å²) < 4.78 is 11.6. The van der Waals surface area contributed by atoms with E-state index in [1.165, 1.54) is 10.4 Å². The zero-order valence-corrected chi connectivity index (χ0v) is 14.1. The molecule has 1 saturated heterocycles. The van der Waals surface area contributed by atoms with Gasteiger partial charge in [0, 0.05) is 30.7 Å². The zero-order chi connectivity index (χ0) is 15.5. The molecule has 0 radical (unpaired) electrons. The Balaban J connectivity index is 1.60. The SMILES string of the molecule is Cc1ccc(Oc2ncc(CN3C[C@@H](C)O[C@@H](C)C3)s2)cc1. The van der Waals surface area contributed by atoms with Crippen LogP contribution in [0.2, 0.25) is 0 Å². The fourth-order valence-electron chi connectivity index (χ4n) is 2.75. The Labute approximate surface area is 135 Å². The van der Waals surface area contributed by atoms with Gasteiger partial charge in [0.05, 0.1) is 12.2 Å². The van der Waals surface area contributed by atoms with Gasteiger partial charge in [0.25, 0.3) is 5.19 Å². The molecule has 2 aromatic rings. The first-order valence-corrected chi connectivity index (χ1v) is 8.47. The van der Waals surface area contributed by atoms with Crippen molar-refractivity contribution in [2.24, 2.45) is 0 Å². The molecule has 0 bridgehead atoms. The highest BCUT2D eigenvalue weighted by Crippen LogP contribution is 2.28. The number of hydrogen-bond acceptors (Lipinski definition) is 5. The van der Waals surface area contributed by atoms with Crippen molar-refractivity contribution >= 4 is 11.3 Å². The molecule has 1 aliphatic rings. The van der Waals surface area contributed by atoms with Crippen LogP contribution in [0.3, 0.4) is 0 Å². The third-order valence-corrected chi connectivity index (χ3v) is 4.49. The summed E-state index contributed by atoms with van der Waals surface area (Å²) in [6.45, 7) is 9.16. The Kier molecular flexibility index (Phi) is 4.76. The second-order valence-electron chi connectivity index (χ2n) is 5.96. The second-order valence-corrected chi connectivity index (χ2v) is 7.04. The van der Waals surface area contributed by atoms with E-state index in [1.807, 2.05) is 30.5 Å². The van der Waals surface area contributed by atoms with Crippen LogP contribution >= 0.6 is 11.3 Å². The van der Waals surface area contributed by atoms with Crippen LogP contribution in [-0.4, -0.2) is 35.2 Å². The van der Waals surface area contributed by atoms with Gasteiger partial charge in [-0.1, -0.05) is 29.0 Å². The molecule has 0 saturated carbocycles. The second kappa shape index (κ2) is 6.77. The minimum atomic E-state index is 0.292. The highest BCUT2D eigenvalue weighted by molar-refractivity contribution is 7.13. The van der Waals surface area contributed by atoms with E-state index in [9.17, 15) is 0 Å². The van der Waals surface area contributed by atoms with Crippen molar-refractivity contribution < 1.29 is 9.47 Å². The average molecular weight is 318 g/mol. The molecule has 1 aliphatic heterocycles. The number of ether oxygens (including phenoxy) is 2. The van der Waals surface area contributed by atoms with Crippen molar-refractivity contribution in [3.05, 3.63) is 40.9 Å². The van der Waals surface area contributed by atoms with E-state index >= 15 is 0 Å². The molecule has 2 atom stereocenters. The predicted octanol–water partition coefficient (Wildman–Crippen LogP) is 3.85. The van der Waals surface area contributed by atoms with Crippen LogP contribution in [0.1, 0.15) is 24.3 Å². The lowest BCUT2D eigenvalue weighted by Gasteiger charge is -2.34. The lowest BCUT2D eigenvalue weighted by molar-refractivity contribution is -0.0702. The molecule has 1 aromatic carbocycles. The van der Waals surface area contributed by atoms with Gasteiger partial charge in [-0.25, -0.2) is 4.98 Å². The van der Waals surface area contributed by atoms with Crippen LogP contribution in [0.25, 0.3) is 0 Å². The molecule has 4 nitrogen and oxygen atoms in total. The molecule has 3 rings (SSSR count). The monoisotopic (exact) mass is 318 g/mol. The molecule has 0 amide bonds. The minimum absolute atomic E-state index is 0.292. The van der Waals surface area contributed by atoms with E-state index in [0.29, 0.717) is 17.4 Å². The van der Waals surface area contributed by atoms with Gasteiger partial charge >= 0.3 is 0 Å².